The van der Waals surface area contributed by atoms with Crippen molar-refractivity contribution in [2.24, 2.45) is 0 Å². The highest BCUT2D eigenvalue weighted by Crippen LogP contribution is 2.24. The van der Waals surface area contributed by atoms with Gasteiger partial charge in [0.1, 0.15) is 16.8 Å². The lowest BCUT2D eigenvalue weighted by atomic mass is 10.2. The quantitative estimate of drug-likeness (QED) is 0.591. The van der Waals surface area contributed by atoms with Gasteiger partial charge in [0, 0.05) is 19.1 Å². The van der Waals surface area contributed by atoms with Crippen LogP contribution in [-0.2, 0) is 0 Å². The Bertz CT molecular complexity index is 451. The van der Waals surface area contributed by atoms with Gasteiger partial charge in [-0.3, -0.25) is 4.79 Å². The number of carbonyl (C=O) groups is 1. The molecule has 0 aliphatic rings. The first-order chi connectivity index (χ1) is 8.90. The Balaban J connectivity index is 3.20. The van der Waals surface area contributed by atoms with Crippen molar-refractivity contribution in [2.45, 2.75) is 26.8 Å². The van der Waals surface area contributed by atoms with Gasteiger partial charge in [0.15, 0.2) is 6.29 Å². The monoisotopic (exact) mass is 284 g/mol. The summed E-state index contributed by atoms with van der Waals surface area (Å²) in [6.45, 7) is 7.53. The van der Waals surface area contributed by atoms with Crippen molar-refractivity contribution in [3.63, 3.8) is 0 Å². The van der Waals surface area contributed by atoms with E-state index >= 15 is 0 Å². The predicted octanol–water partition coefficient (Wildman–Crippen LogP) is 2.03. The fraction of sp³-hybridized carbons (Fsp3) is 0.615. The highest BCUT2D eigenvalue weighted by Gasteiger charge is 2.21. The van der Waals surface area contributed by atoms with E-state index in [0.29, 0.717) is 17.2 Å². The van der Waals surface area contributed by atoms with Crippen LogP contribution in [0.2, 0.25) is 5.15 Å². The molecule has 0 fully saturated rings. The zero-order chi connectivity index (χ0) is 14.6. The summed E-state index contributed by atoms with van der Waals surface area (Å²) >= 11 is 6.03. The van der Waals surface area contributed by atoms with Crippen molar-refractivity contribution in [3.8, 4) is 0 Å². The smallest absolute Gasteiger partial charge is 0.156 e. The summed E-state index contributed by atoms with van der Waals surface area (Å²) < 4.78 is 0. The summed E-state index contributed by atoms with van der Waals surface area (Å²) in [5.74, 6) is 1.19. The molecule has 1 rings (SSSR count). The van der Waals surface area contributed by atoms with Crippen LogP contribution in [0.1, 0.15) is 30.0 Å². The number of likely N-dealkylation sites (N-methyl/N-ethyl adjacent to an activating group) is 2. The number of hydrogen-bond acceptors (Lipinski definition) is 5. The minimum atomic E-state index is 0.216. The minimum Gasteiger partial charge on any atom is -0.352 e. The molecule has 1 aromatic heterocycles. The lowest BCUT2D eigenvalue weighted by molar-refractivity contribution is 0.112. The molecule has 0 amide bonds. The SMILES string of the molecule is CCN(c1nc(C)nc(Cl)c1C=O)C(C)CN(C)C. The van der Waals surface area contributed by atoms with Gasteiger partial charge in [-0.1, -0.05) is 11.6 Å². The van der Waals surface area contributed by atoms with Crippen LogP contribution in [-0.4, -0.2) is 54.4 Å². The van der Waals surface area contributed by atoms with E-state index in [1.54, 1.807) is 6.92 Å². The number of aldehydes is 1. The molecule has 5 nitrogen and oxygen atoms in total. The summed E-state index contributed by atoms with van der Waals surface area (Å²) in [5.41, 5.74) is 0.361. The zero-order valence-electron chi connectivity index (χ0n) is 12.1. The number of aromatic nitrogens is 2. The van der Waals surface area contributed by atoms with Crippen molar-refractivity contribution >= 4 is 23.7 Å². The number of aryl methyl sites for hydroxylation is 1. The molecule has 1 heterocycles. The van der Waals surface area contributed by atoms with Gasteiger partial charge in [0.2, 0.25) is 0 Å². The van der Waals surface area contributed by atoms with E-state index in [2.05, 4.69) is 26.7 Å². The third kappa shape index (κ3) is 3.88. The maximum Gasteiger partial charge on any atom is 0.156 e. The lowest BCUT2D eigenvalue weighted by Gasteiger charge is -2.32. The number of anilines is 1. The van der Waals surface area contributed by atoms with Crippen LogP contribution in [0.15, 0.2) is 0 Å². The second-order valence-corrected chi connectivity index (χ2v) is 5.17. The fourth-order valence-electron chi connectivity index (χ4n) is 2.15. The first kappa shape index (κ1) is 15.9. The van der Waals surface area contributed by atoms with E-state index in [1.165, 1.54) is 0 Å². The van der Waals surface area contributed by atoms with Gasteiger partial charge >= 0.3 is 0 Å². The van der Waals surface area contributed by atoms with Gasteiger partial charge < -0.3 is 9.80 Å². The van der Waals surface area contributed by atoms with Crippen LogP contribution in [0.4, 0.5) is 5.82 Å². The Morgan fingerprint density at radius 2 is 2.00 bits per heavy atom. The molecule has 0 N–H and O–H groups in total. The fourth-order valence-corrected chi connectivity index (χ4v) is 2.40. The van der Waals surface area contributed by atoms with E-state index < -0.39 is 0 Å². The second kappa shape index (κ2) is 6.82. The Kier molecular flexibility index (Phi) is 5.69. The number of nitrogens with zero attached hydrogens (tertiary/aromatic N) is 4. The standard InChI is InChI=1S/C13H21ClN4O/c1-6-18(9(2)7-17(4)5)13-11(8-19)12(14)15-10(3)16-13/h8-9H,6-7H2,1-5H3. The molecular formula is C13H21ClN4O. The molecule has 106 valence electrons. The van der Waals surface area contributed by atoms with Crippen molar-refractivity contribution in [1.29, 1.82) is 0 Å². The van der Waals surface area contributed by atoms with E-state index in [0.717, 1.165) is 19.4 Å². The Morgan fingerprint density at radius 3 is 2.47 bits per heavy atom. The van der Waals surface area contributed by atoms with Crippen LogP contribution in [0.3, 0.4) is 0 Å². The molecule has 19 heavy (non-hydrogen) atoms. The average molecular weight is 285 g/mol. The third-order valence-electron chi connectivity index (χ3n) is 2.88. The van der Waals surface area contributed by atoms with Gasteiger partial charge in [-0.2, -0.15) is 0 Å². The summed E-state index contributed by atoms with van der Waals surface area (Å²) in [6.07, 6.45) is 0.724. The predicted molar refractivity (Wildman–Crippen MR) is 78.2 cm³/mol. The highest BCUT2D eigenvalue weighted by atomic mass is 35.5. The Labute approximate surface area is 119 Å². The minimum absolute atomic E-state index is 0.216. The van der Waals surface area contributed by atoms with E-state index in [4.69, 9.17) is 11.6 Å². The van der Waals surface area contributed by atoms with E-state index in [9.17, 15) is 4.79 Å². The van der Waals surface area contributed by atoms with E-state index in [1.807, 2.05) is 21.0 Å². The molecule has 0 saturated carbocycles. The van der Waals surface area contributed by atoms with Gasteiger partial charge in [0.25, 0.3) is 0 Å². The van der Waals surface area contributed by atoms with Crippen molar-refractivity contribution in [2.75, 3.05) is 32.1 Å². The van der Waals surface area contributed by atoms with Crippen molar-refractivity contribution in [1.82, 2.24) is 14.9 Å². The summed E-state index contributed by atoms with van der Waals surface area (Å²) in [6, 6.07) is 0.226. The van der Waals surface area contributed by atoms with Gasteiger partial charge in [-0.05, 0) is 34.9 Å². The number of carbonyl (C=O) groups excluding carboxylic acids is 1. The maximum atomic E-state index is 11.2. The highest BCUT2D eigenvalue weighted by molar-refractivity contribution is 6.32. The largest absolute Gasteiger partial charge is 0.352 e. The topological polar surface area (TPSA) is 49.3 Å². The second-order valence-electron chi connectivity index (χ2n) is 4.81. The molecule has 1 unspecified atom stereocenters. The molecule has 1 atom stereocenters. The average Bonchev–Trinajstić information content (AvgIpc) is 2.28. The Hall–Kier alpha value is -1.20. The molecule has 0 aliphatic carbocycles. The van der Waals surface area contributed by atoms with Gasteiger partial charge in [-0.25, -0.2) is 9.97 Å². The molecule has 0 spiro atoms. The first-order valence-electron chi connectivity index (χ1n) is 6.31. The van der Waals surface area contributed by atoms with Crippen LogP contribution in [0.5, 0.6) is 0 Å². The van der Waals surface area contributed by atoms with Gasteiger partial charge in [0.05, 0.1) is 5.56 Å². The van der Waals surface area contributed by atoms with Crippen molar-refractivity contribution < 1.29 is 4.79 Å². The molecule has 0 aliphatic heterocycles. The van der Waals surface area contributed by atoms with Crippen LogP contribution in [0.25, 0.3) is 0 Å². The Morgan fingerprint density at radius 1 is 1.37 bits per heavy atom. The summed E-state index contributed by atoms with van der Waals surface area (Å²) in [4.78, 5) is 23.8. The maximum absolute atomic E-state index is 11.2. The van der Waals surface area contributed by atoms with Crippen molar-refractivity contribution in [3.05, 3.63) is 16.5 Å². The van der Waals surface area contributed by atoms with Crippen LogP contribution < -0.4 is 4.90 Å². The molecule has 6 heteroatoms. The third-order valence-corrected chi connectivity index (χ3v) is 3.17. The normalized spacial score (nSPS) is 12.6. The number of rotatable bonds is 6. The lowest BCUT2D eigenvalue weighted by Crippen LogP contribution is -2.41. The van der Waals surface area contributed by atoms with E-state index in [-0.39, 0.29) is 11.2 Å². The van der Waals surface area contributed by atoms with Crippen LogP contribution >= 0.6 is 11.6 Å². The molecule has 0 aromatic carbocycles. The number of hydrogen-bond donors (Lipinski definition) is 0. The number of halogens is 1. The van der Waals surface area contributed by atoms with Crippen LogP contribution in [0, 0.1) is 6.92 Å². The first-order valence-corrected chi connectivity index (χ1v) is 6.69. The summed E-state index contributed by atoms with van der Waals surface area (Å²) in [7, 11) is 4.03. The molecule has 1 aromatic rings. The zero-order valence-corrected chi connectivity index (χ0v) is 12.9. The molecule has 0 radical (unpaired) electrons. The van der Waals surface area contributed by atoms with Gasteiger partial charge in [-0.15, -0.1) is 0 Å². The molecule has 0 saturated heterocycles. The molecule has 0 bridgehead atoms. The summed E-state index contributed by atoms with van der Waals surface area (Å²) in [5, 5.41) is 0.216. The molecular weight excluding hydrogens is 264 g/mol.